The Morgan fingerprint density at radius 2 is 2.31 bits per heavy atom. The molecule has 0 aliphatic carbocycles. The van der Waals surface area contributed by atoms with E-state index < -0.39 is 0 Å². The minimum Gasteiger partial charge on any atom is -0.354 e. The summed E-state index contributed by atoms with van der Waals surface area (Å²) in [5, 5.41) is 4.36. The number of halogens is 1. The second-order valence-corrected chi connectivity index (χ2v) is 4.03. The Bertz CT molecular complexity index is 460. The van der Waals surface area contributed by atoms with Gasteiger partial charge in [-0.05, 0) is 30.3 Å². The Morgan fingerprint density at radius 3 is 3.00 bits per heavy atom. The Hall–Kier alpha value is -1.34. The molecule has 2 aromatic heterocycles. The molecule has 2 aromatic rings. The van der Waals surface area contributed by atoms with Gasteiger partial charge in [-0.2, -0.15) is 15.0 Å². The van der Waals surface area contributed by atoms with E-state index in [9.17, 15) is 0 Å². The summed E-state index contributed by atoms with van der Waals surface area (Å²) in [6.07, 6.45) is 3.40. The Kier molecular flexibility index (Phi) is 3.58. The SMILES string of the molecule is CCNc1nc(Cl)nc(Sc2ncc[nH]2)n1. The van der Waals surface area contributed by atoms with Crippen molar-refractivity contribution in [1.29, 1.82) is 0 Å². The van der Waals surface area contributed by atoms with Gasteiger partial charge in [-0.1, -0.05) is 0 Å². The number of nitrogens with zero attached hydrogens (tertiary/aromatic N) is 4. The van der Waals surface area contributed by atoms with E-state index in [1.54, 1.807) is 12.4 Å². The lowest BCUT2D eigenvalue weighted by atomic mass is 10.7. The van der Waals surface area contributed by atoms with Gasteiger partial charge in [0.2, 0.25) is 16.4 Å². The summed E-state index contributed by atoms with van der Waals surface area (Å²) >= 11 is 7.07. The third kappa shape index (κ3) is 2.83. The molecule has 0 amide bonds. The maximum Gasteiger partial charge on any atom is 0.228 e. The first kappa shape index (κ1) is 11.2. The van der Waals surface area contributed by atoms with Gasteiger partial charge in [0.05, 0.1) is 0 Å². The summed E-state index contributed by atoms with van der Waals surface area (Å²) < 4.78 is 0. The van der Waals surface area contributed by atoms with Gasteiger partial charge in [0.25, 0.3) is 0 Å². The monoisotopic (exact) mass is 256 g/mol. The number of hydrogen-bond donors (Lipinski definition) is 2. The summed E-state index contributed by atoms with van der Waals surface area (Å²) in [4.78, 5) is 19.1. The summed E-state index contributed by atoms with van der Waals surface area (Å²) in [7, 11) is 0. The highest BCUT2D eigenvalue weighted by atomic mass is 35.5. The first-order valence-electron chi connectivity index (χ1n) is 4.60. The molecular weight excluding hydrogens is 248 g/mol. The Balaban J connectivity index is 2.20. The maximum atomic E-state index is 5.78. The van der Waals surface area contributed by atoms with Gasteiger partial charge in [-0.3, -0.25) is 0 Å². The van der Waals surface area contributed by atoms with Gasteiger partial charge in [0.1, 0.15) is 0 Å². The molecule has 0 aliphatic heterocycles. The van der Waals surface area contributed by atoms with Gasteiger partial charge in [-0.25, -0.2) is 4.98 Å². The maximum absolute atomic E-state index is 5.78. The summed E-state index contributed by atoms with van der Waals surface area (Å²) in [5.74, 6) is 0.469. The predicted octanol–water partition coefficient (Wildman–Crippen LogP) is 1.83. The number of rotatable bonds is 4. The largest absolute Gasteiger partial charge is 0.354 e. The van der Waals surface area contributed by atoms with E-state index >= 15 is 0 Å². The van der Waals surface area contributed by atoms with Crippen molar-refractivity contribution >= 4 is 29.3 Å². The molecule has 8 heteroatoms. The van der Waals surface area contributed by atoms with Crippen LogP contribution < -0.4 is 5.32 Å². The van der Waals surface area contributed by atoms with Crippen LogP contribution in [0.3, 0.4) is 0 Å². The molecule has 84 valence electrons. The van der Waals surface area contributed by atoms with Gasteiger partial charge in [0.15, 0.2) is 5.16 Å². The van der Waals surface area contributed by atoms with E-state index in [1.165, 1.54) is 11.8 Å². The van der Waals surface area contributed by atoms with E-state index in [4.69, 9.17) is 11.6 Å². The van der Waals surface area contributed by atoms with Crippen molar-refractivity contribution in [2.24, 2.45) is 0 Å². The first-order chi connectivity index (χ1) is 7.78. The summed E-state index contributed by atoms with van der Waals surface area (Å²) in [6.45, 7) is 2.68. The molecule has 2 rings (SSSR count). The zero-order valence-electron chi connectivity index (χ0n) is 8.44. The third-order valence-corrected chi connectivity index (χ3v) is 2.53. The third-order valence-electron chi connectivity index (χ3n) is 1.58. The van der Waals surface area contributed by atoms with Gasteiger partial charge < -0.3 is 10.3 Å². The van der Waals surface area contributed by atoms with E-state index in [0.29, 0.717) is 16.3 Å². The lowest BCUT2D eigenvalue weighted by molar-refractivity contribution is 0.892. The molecule has 0 spiro atoms. The highest BCUT2D eigenvalue weighted by Gasteiger charge is 2.07. The Labute approximate surface area is 101 Å². The van der Waals surface area contributed by atoms with Gasteiger partial charge in [-0.15, -0.1) is 0 Å². The number of anilines is 1. The molecule has 0 atom stereocenters. The van der Waals surface area contributed by atoms with Crippen molar-refractivity contribution in [3.05, 3.63) is 17.7 Å². The minimum absolute atomic E-state index is 0.167. The van der Waals surface area contributed by atoms with E-state index in [0.717, 1.165) is 6.54 Å². The number of nitrogens with one attached hydrogen (secondary N) is 2. The average molecular weight is 257 g/mol. The molecule has 0 aliphatic rings. The van der Waals surface area contributed by atoms with Crippen molar-refractivity contribution in [3.8, 4) is 0 Å². The first-order valence-corrected chi connectivity index (χ1v) is 5.80. The smallest absolute Gasteiger partial charge is 0.228 e. The standard InChI is InChI=1S/C8H9ClN6S/c1-2-10-6-13-5(9)14-8(15-6)16-7-11-3-4-12-7/h3-4H,2H2,1H3,(H,11,12)(H,10,13,14,15). The van der Waals surface area contributed by atoms with Crippen molar-refractivity contribution in [1.82, 2.24) is 24.9 Å². The molecule has 0 aromatic carbocycles. The van der Waals surface area contributed by atoms with Crippen LogP contribution in [0.5, 0.6) is 0 Å². The molecular formula is C8H9ClN6S. The fourth-order valence-electron chi connectivity index (χ4n) is 1.01. The van der Waals surface area contributed by atoms with Crippen LogP contribution >= 0.6 is 23.4 Å². The van der Waals surface area contributed by atoms with Crippen LogP contribution in [-0.2, 0) is 0 Å². The van der Waals surface area contributed by atoms with Crippen LogP contribution in [-0.4, -0.2) is 31.5 Å². The molecule has 2 N–H and O–H groups in total. The number of imidazole rings is 1. The molecule has 6 nitrogen and oxygen atoms in total. The zero-order valence-corrected chi connectivity index (χ0v) is 10.0. The predicted molar refractivity (Wildman–Crippen MR) is 61.7 cm³/mol. The quantitative estimate of drug-likeness (QED) is 0.869. The van der Waals surface area contributed by atoms with Crippen molar-refractivity contribution in [2.75, 3.05) is 11.9 Å². The lowest BCUT2D eigenvalue weighted by Crippen LogP contribution is -2.04. The van der Waals surface area contributed by atoms with E-state index in [-0.39, 0.29) is 5.28 Å². The van der Waals surface area contributed by atoms with Crippen molar-refractivity contribution in [2.45, 2.75) is 17.2 Å². The Morgan fingerprint density at radius 1 is 1.44 bits per heavy atom. The summed E-state index contributed by atoms with van der Waals surface area (Å²) in [5.41, 5.74) is 0. The molecule has 2 heterocycles. The average Bonchev–Trinajstić information content (AvgIpc) is 2.70. The molecule has 16 heavy (non-hydrogen) atoms. The topological polar surface area (TPSA) is 79.4 Å². The fourth-order valence-corrected chi connectivity index (χ4v) is 1.90. The second-order valence-electron chi connectivity index (χ2n) is 2.74. The van der Waals surface area contributed by atoms with Crippen molar-refractivity contribution in [3.63, 3.8) is 0 Å². The lowest BCUT2D eigenvalue weighted by Gasteiger charge is -2.02. The normalized spacial score (nSPS) is 10.4. The van der Waals surface area contributed by atoms with Crippen LogP contribution in [0.25, 0.3) is 0 Å². The van der Waals surface area contributed by atoms with Crippen LogP contribution in [0.2, 0.25) is 5.28 Å². The highest BCUT2D eigenvalue weighted by molar-refractivity contribution is 7.99. The molecule has 0 saturated carbocycles. The molecule has 0 saturated heterocycles. The number of aromatic nitrogens is 5. The zero-order chi connectivity index (χ0) is 11.4. The van der Waals surface area contributed by atoms with Crippen LogP contribution in [0.15, 0.2) is 22.7 Å². The number of aromatic amines is 1. The molecule has 0 unspecified atom stereocenters. The minimum atomic E-state index is 0.167. The van der Waals surface area contributed by atoms with Crippen LogP contribution in [0, 0.1) is 0 Å². The highest BCUT2D eigenvalue weighted by Crippen LogP contribution is 2.22. The molecule has 0 bridgehead atoms. The van der Waals surface area contributed by atoms with Crippen LogP contribution in [0.4, 0.5) is 5.95 Å². The number of H-pyrrole nitrogens is 1. The van der Waals surface area contributed by atoms with Crippen molar-refractivity contribution < 1.29 is 0 Å². The molecule has 0 fully saturated rings. The van der Waals surface area contributed by atoms with Crippen LogP contribution in [0.1, 0.15) is 6.92 Å². The van der Waals surface area contributed by atoms with Gasteiger partial charge >= 0.3 is 0 Å². The summed E-state index contributed by atoms with van der Waals surface area (Å²) in [6, 6.07) is 0. The molecule has 0 radical (unpaired) electrons. The van der Waals surface area contributed by atoms with E-state index in [1.807, 2.05) is 6.92 Å². The number of hydrogen-bond acceptors (Lipinski definition) is 6. The second kappa shape index (κ2) is 5.13. The van der Waals surface area contributed by atoms with E-state index in [2.05, 4.69) is 30.2 Å². The fraction of sp³-hybridized carbons (Fsp3) is 0.250. The van der Waals surface area contributed by atoms with Gasteiger partial charge in [0, 0.05) is 18.9 Å².